The Morgan fingerprint density at radius 1 is 1.32 bits per heavy atom. The molecule has 1 aliphatic heterocycles. The van der Waals surface area contributed by atoms with E-state index < -0.39 is 28.3 Å². The van der Waals surface area contributed by atoms with Gasteiger partial charge < -0.3 is 10.1 Å². The van der Waals surface area contributed by atoms with E-state index in [-0.39, 0.29) is 28.3 Å². The standard InChI is InChI=1S/C16H17F3N2O3S/c17-16(18,19)13-7-15(23)20-14-4-3-11(6-12(13)14)25(24)21-5-1-2-10(8-21)9-22/h3-4,6-7,10,22H,1-2,5,8-9H2,(H,20,23). The van der Waals surface area contributed by atoms with Crippen molar-refractivity contribution in [2.24, 2.45) is 5.92 Å². The summed E-state index contributed by atoms with van der Waals surface area (Å²) in [6, 6.07) is 4.52. The van der Waals surface area contributed by atoms with Crippen molar-refractivity contribution in [1.82, 2.24) is 9.29 Å². The van der Waals surface area contributed by atoms with Crippen LogP contribution in [0.5, 0.6) is 0 Å². The van der Waals surface area contributed by atoms with Gasteiger partial charge in [0, 0.05) is 36.7 Å². The van der Waals surface area contributed by atoms with Crippen molar-refractivity contribution in [2.75, 3.05) is 19.7 Å². The third kappa shape index (κ3) is 3.78. The van der Waals surface area contributed by atoms with E-state index in [4.69, 9.17) is 0 Å². The van der Waals surface area contributed by atoms with Gasteiger partial charge in [0.05, 0.1) is 10.5 Å². The predicted octanol–water partition coefficient (Wildman–Crippen LogP) is 2.27. The number of nitrogens with one attached hydrogen (secondary N) is 1. The summed E-state index contributed by atoms with van der Waals surface area (Å²) >= 11 is 0. The summed E-state index contributed by atoms with van der Waals surface area (Å²) < 4.78 is 54.0. The summed E-state index contributed by atoms with van der Waals surface area (Å²) in [5.74, 6) is 0.0141. The third-order valence-electron chi connectivity index (χ3n) is 4.30. The fourth-order valence-corrected chi connectivity index (χ4v) is 4.39. The number of halogens is 3. The van der Waals surface area contributed by atoms with Crippen LogP contribution in [-0.4, -0.2) is 38.3 Å². The van der Waals surface area contributed by atoms with Crippen molar-refractivity contribution < 1.29 is 22.5 Å². The smallest absolute Gasteiger partial charge is 0.396 e. The summed E-state index contributed by atoms with van der Waals surface area (Å²) in [7, 11) is -1.63. The lowest BCUT2D eigenvalue weighted by molar-refractivity contribution is -0.136. The van der Waals surface area contributed by atoms with Gasteiger partial charge in [0.2, 0.25) is 5.56 Å². The number of H-pyrrole nitrogens is 1. The number of pyridine rings is 1. The zero-order valence-corrected chi connectivity index (χ0v) is 14.0. The van der Waals surface area contributed by atoms with Crippen LogP contribution < -0.4 is 5.56 Å². The molecule has 0 bridgehead atoms. The number of aliphatic hydroxyl groups is 1. The Labute approximate surface area is 144 Å². The molecule has 2 unspecified atom stereocenters. The molecule has 1 aromatic carbocycles. The number of benzene rings is 1. The molecule has 1 aliphatic rings. The average Bonchev–Trinajstić information content (AvgIpc) is 2.59. The largest absolute Gasteiger partial charge is 0.417 e. The van der Waals surface area contributed by atoms with Crippen molar-refractivity contribution in [1.29, 1.82) is 0 Å². The van der Waals surface area contributed by atoms with Gasteiger partial charge in [0.25, 0.3) is 0 Å². The van der Waals surface area contributed by atoms with E-state index in [0.29, 0.717) is 19.2 Å². The molecule has 3 rings (SSSR count). The fourth-order valence-electron chi connectivity index (χ4n) is 3.05. The van der Waals surface area contributed by atoms with Crippen LogP contribution in [0, 0.1) is 5.92 Å². The summed E-state index contributed by atoms with van der Waals surface area (Å²) in [5.41, 5.74) is -1.83. The minimum absolute atomic E-state index is 0.00905. The number of hydrogen-bond donors (Lipinski definition) is 2. The van der Waals surface area contributed by atoms with Gasteiger partial charge in [-0.2, -0.15) is 13.2 Å². The number of aromatic nitrogens is 1. The van der Waals surface area contributed by atoms with E-state index in [1.165, 1.54) is 18.2 Å². The first kappa shape index (κ1) is 18.1. The summed E-state index contributed by atoms with van der Waals surface area (Å²) in [4.78, 5) is 14.0. The monoisotopic (exact) mass is 374 g/mol. The van der Waals surface area contributed by atoms with Crippen LogP contribution in [0.3, 0.4) is 0 Å². The van der Waals surface area contributed by atoms with Crippen LogP contribution >= 0.6 is 0 Å². The molecule has 1 saturated heterocycles. The lowest BCUT2D eigenvalue weighted by Crippen LogP contribution is -2.37. The molecule has 9 heteroatoms. The van der Waals surface area contributed by atoms with Crippen LogP contribution in [-0.2, 0) is 17.2 Å². The molecule has 136 valence electrons. The van der Waals surface area contributed by atoms with Gasteiger partial charge >= 0.3 is 6.18 Å². The third-order valence-corrected chi connectivity index (χ3v) is 5.75. The van der Waals surface area contributed by atoms with Crippen LogP contribution in [0.1, 0.15) is 18.4 Å². The number of aliphatic hydroxyl groups excluding tert-OH is 1. The molecule has 1 aromatic heterocycles. The van der Waals surface area contributed by atoms with E-state index in [0.717, 1.165) is 12.8 Å². The minimum Gasteiger partial charge on any atom is -0.396 e. The van der Waals surface area contributed by atoms with Crippen LogP contribution in [0.25, 0.3) is 10.9 Å². The molecule has 0 spiro atoms. The van der Waals surface area contributed by atoms with Gasteiger partial charge in [0.1, 0.15) is 11.0 Å². The van der Waals surface area contributed by atoms with Gasteiger partial charge in [-0.25, -0.2) is 8.51 Å². The Balaban J connectivity index is 2.02. The Bertz CT molecular complexity index is 866. The highest BCUT2D eigenvalue weighted by atomic mass is 32.2. The SMILES string of the molecule is O=c1cc(C(F)(F)F)c2cc(S(=O)N3CCCC(CO)C3)ccc2[nH]1. The van der Waals surface area contributed by atoms with Gasteiger partial charge in [-0.1, -0.05) is 0 Å². The highest BCUT2D eigenvalue weighted by molar-refractivity contribution is 7.82. The zero-order valence-electron chi connectivity index (χ0n) is 13.2. The number of alkyl halides is 3. The molecule has 0 amide bonds. The molecule has 0 aliphatic carbocycles. The van der Waals surface area contributed by atoms with E-state index in [2.05, 4.69) is 4.98 Å². The number of piperidine rings is 1. The summed E-state index contributed by atoms with van der Waals surface area (Å²) in [6.45, 7) is 0.975. The summed E-state index contributed by atoms with van der Waals surface area (Å²) in [6.07, 6.45) is -3.08. The first-order valence-electron chi connectivity index (χ1n) is 7.81. The maximum Gasteiger partial charge on any atom is 0.417 e. The van der Waals surface area contributed by atoms with Gasteiger partial charge in [-0.3, -0.25) is 4.79 Å². The topological polar surface area (TPSA) is 73.4 Å². The van der Waals surface area contributed by atoms with Crippen molar-refractivity contribution in [3.8, 4) is 0 Å². The zero-order chi connectivity index (χ0) is 18.2. The molecule has 1 fully saturated rings. The molecule has 25 heavy (non-hydrogen) atoms. The molecule has 0 saturated carbocycles. The maximum absolute atomic E-state index is 13.2. The van der Waals surface area contributed by atoms with Crippen LogP contribution in [0.4, 0.5) is 13.2 Å². The van der Waals surface area contributed by atoms with E-state index >= 15 is 0 Å². The number of aromatic amines is 1. The predicted molar refractivity (Wildman–Crippen MR) is 87.4 cm³/mol. The average molecular weight is 374 g/mol. The lowest BCUT2D eigenvalue weighted by atomic mass is 10.0. The first-order chi connectivity index (χ1) is 11.8. The van der Waals surface area contributed by atoms with Crippen molar-refractivity contribution in [2.45, 2.75) is 23.9 Å². The van der Waals surface area contributed by atoms with Crippen LogP contribution in [0.2, 0.25) is 0 Å². The first-order valence-corrected chi connectivity index (χ1v) is 8.92. The maximum atomic E-state index is 13.2. The molecular formula is C16H17F3N2O3S. The molecule has 2 atom stereocenters. The van der Waals surface area contributed by atoms with E-state index in [9.17, 15) is 27.3 Å². The van der Waals surface area contributed by atoms with Crippen molar-refractivity contribution in [3.05, 3.63) is 40.2 Å². The van der Waals surface area contributed by atoms with Crippen LogP contribution in [0.15, 0.2) is 34.0 Å². The molecule has 2 heterocycles. The minimum atomic E-state index is -4.68. The fraction of sp³-hybridized carbons (Fsp3) is 0.438. The van der Waals surface area contributed by atoms with E-state index in [1.807, 2.05) is 0 Å². The van der Waals surface area contributed by atoms with Gasteiger partial charge in [0.15, 0.2) is 0 Å². The quantitative estimate of drug-likeness (QED) is 0.866. The number of rotatable bonds is 3. The number of nitrogens with zero attached hydrogens (tertiary/aromatic N) is 1. The Morgan fingerprint density at radius 3 is 2.76 bits per heavy atom. The van der Waals surface area contributed by atoms with Gasteiger partial charge in [-0.05, 0) is 37.0 Å². The second-order valence-corrected chi connectivity index (χ2v) is 7.57. The van der Waals surface area contributed by atoms with E-state index in [1.54, 1.807) is 4.31 Å². The highest BCUT2D eigenvalue weighted by Crippen LogP contribution is 2.34. The molecular weight excluding hydrogens is 357 g/mol. The molecule has 5 nitrogen and oxygen atoms in total. The second kappa shape index (κ2) is 6.89. The normalized spacial score (nSPS) is 20.7. The number of hydrogen-bond acceptors (Lipinski definition) is 3. The number of fused-ring (bicyclic) bond motifs is 1. The Kier molecular flexibility index (Phi) is 4.99. The Morgan fingerprint density at radius 2 is 2.08 bits per heavy atom. The molecule has 0 radical (unpaired) electrons. The summed E-state index contributed by atoms with van der Waals surface area (Å²) in [5, 5.41) is 9.08. The van der Waals surface area contributed by atoms with Gasteiger partial charge in [-0.15, -0.1) is 0 Å². The highest BCUT2D eigenvalue weighted by Gasteiger charge is 2.33. The molecule has 2 N–H and O–H groups in total. The van der Waals surface area contributed by atoms with Crippen molar-refractivity contribution >= 4 is 21.9 Å². The lowest BCUT2D eigenvalue weighted by Gasteiger charge is -2.30. The molecule has 2 aromatic rings. The Hall–Kier alpha value is -1.71. The van der Waals surface area contributed by atoms with Crippen molar-refractivity contribution in [3.63, 3.8) is 0 Å². The second-order valence-electron chi connectivity index (χ2n) is 6.08.